The zero-order valence-corrected chi connectivity index (χ0v) is 21.3. The van der Waals surface area contributed by atoms with Gasteiger partial charge < -0.3 is 20.9 Å². The molecule has 2 heterocycles. The summed E-state index contributed by atoms with van der Waals surface area (Å²) in [5.74, 6) is -0.576. The number of nitrogens with zero attached hydrogens (tertiary/aromatic N) is 3. The Balaban J connectivity index is 1.26. The van der Waals surface area contributed by atoms with Gasteiger partial charge in [-0.1, -0.05) is 36.8 Å². The van der Waals surface area contributed by atoms with Gasteiger partial charge in [-0.2, -0.15) is 8.75 Å². The minimum absolute atomic E-state index is 0.0590. The maximum Gasteiger partial charge on any atom is 0.261 e. The average Bonchev–Trinajstić information content (AvgIpc) is 3.41. The van der Waals surface area contributed by atoms with Gasteiger partial charge in [-0.25, -0.2) is 0 Å². The number of rotatable bonds is 9. The summed E-state index contributed by atoms with van der Waals surface area (Å²) in [6, 6.07) is 19.8. The number of benzene rings is 3. The first-order valence-electron chi connectivity index (χ1n) is 12.3. The van der Waals surface area contributed by atoms with Gasteiger partial charge in [-0.15, -0.1) is 0 Å². The monoisotopic (exact) mass is 526 g/mol. The van der Waals surface area contributed by atoms with Crippen molar-refractivity contribution in [3.05, 3.63) is 88.7 Å². The third-order valence-electron chi connectivity index (χ3n) is 6.30. The summed E-state index contributed by atoms with van der Waals surface area (Å²) in [5, 5.41) is 6.15. The van der Waals surface area contributed by atoms with E-state index in [9.17, 15) is 14.4 Å². The number of aryl methyl sites for hydroxylation is 1. The summed E-state index contributed by atoms with van der Waals surface area (Å²) in [5.41, 5.74) is 9.32. The molecule has 4 N–H and O–H groups in total. The fourth-order valence-corrected chi connectivity index (χ4v) is 4.91. The second-order valence-corrected chi connectivity index (χ2v) is 9.45. The summed E-state index contributed by atoms with van der Waals surface area (Å²) in [4.78, 5) is 38.7. The van der Waals surface area contributed by atoms with E-state index < -0.39 is 5.91 Å². The zero-order valence-electron chi connectivity index (χ0n) is 20.5. The van der Waals surface area contributed by atoms with Crippen molar-refractivity contribution in [3.63, 3.8) is 0 Å². The molecule has 2 amide bonds. The number of pyridine rings is 1. The van der Waals surface area contributed by atoms with Crippen molar-refractivity contribution in [3.8, 4) is 0 Å². The Kier molecular flexibility index (Phi) is 7.41. The fourth-order valence-electron chi connectivity index (χ4n) is 4.36. The third-order valence-corrected chi connectivity index (χ3v) is 6.85. The van der Waals surface area contributed by atoms with Crippen molar-refractivity contribution in [1.82, 2.24) is 13.3 Å². The minimum Gasteiger partial charge on any atom is -0.397 e. The Labute approximate surface area is 222 Å². The highest BCUT2D eigenvalue weighted by Crippen LogP contribution is 2.22. The summed E-state index contributed by atoms with van der Waals surface area (Å²) in [6.45, 7) is 0.597. The van der Waals surface area contributed by atoms with Crippen LogP contribution in [0.1, 0.15) is 36.0 Å². The lowest BCUT2D eigenvalue weighted by Crippen LogP contribution is -2.24. The smallest absolute Gasteiger partial charge is 0.261 e. The number of anilines is 3. The number of para-hydroxylation sites is 3. The highest BCUT2D eigenvalue weighted by molar-refractivity contribution is 7.00. The van der Waals surface area contributed by atoms with Crippen LogP contribution in [0.4, 0.5) is 17.1 Å². The van der Waals surface area contributed by atoms with Gasteiger partial charge in [0, 0.05) is 24.5 Å². The molecule has 0 unspecified atom stereocenters. The lowest BCUT2D eigenvalue weighted by atomic mass is 10.1. The van der Waals surface area contributed by atoms with E-state index in [4.69, 9.17) is 5.73 Å². The predicted octanol–water partition coefficient (Wildman–Crippen LogP) is 5.04. The Morgan fingerprint density at radius 2 is 1.66 bits per heavy atom. The molecular formula is C28H26N6O3S. The number of aromatic nitrogens is 3. The van der Waals surface area contributed by atoms with Crippen LogP contribution in [0.2, 0.25) is 0 Å². The van der Waals surface area contributed by atoms with E-state index in [-0.39, 0.29) is 16.9 Å². The number of hydrogen-bond acceptors (Lipinski definition) is 7. The number of fused-ring (bicyclic) bond motifs is 2. The zero-order chi connectivity index (χ0) is 26.5. The first-order valence-corrected chi connectivity index (χ1v) is 13.0. The number of amides is 2. The molecule has 0 fully saturated rings. The molecule has 0 radical (unpaired) electrons. The van der Waals surface area contributed by atoms with E-state index in [0.29, 0.717) is 52.9 Å². The summed E-state index contributed by atoms with van der Waals surface area (Å²) in [6.07, 6.45) is 4.28. The normalized spacial score (nSPS) is 11.1. The molecule has 2 aromatic heterocycles. The first kappa shape index (κ1) is 25.1. The summed E-state index contributed by atoms with van der Waals surface area (Å²) in [7, 11) is 0. The van der Waals surface area contributed by atoms with Crippen molar-refractivity contribution in [2.24, 2.45) is 0 Å². The molecule has 0 aliphatic heterocycles. The van der Waals surface area contributed by atoms with Crippen LogP contribution < -0.4 is 21.8 Å². The molecule has 3 aromatic carbocycles. The standard InChI is InChI=1S/C28H26N6O3S/c29-20-10-4-5-11-21(20)30-25(35)15-2-1-7-16-34-17-19(27(36)18-9-3-6-14-24(18)34)28(37)31-22-12-8-13-23-26(22)33-38-32-23/h3-6,8-14,17H,1-2,7,15-16,29H2,(H,30,35)(H,31,37). The van der Waals surface area contributed by atoms with Gasteiger partial charge in [0.05, 0.1) is 34.3 Å². The van der Waals surface area contributed by atoms with Crippen LogP contribution in [-0.2, 0) is 11.3 Å². The molecule has 0 atom stereocenters. The van der Waals surface area contributed by atoms with Gasteiger partial charge >= 0.3 is 0 Å². The SMILES string of the molecule is Nc1ccccc1NC(=O)CCCCCn1cc(C(=O)Nc2cccc3nsnc23)c(=O)c2ccccc21. The van der Waals surface area contributed by atoms with Crippen LogP contribution in [0, 0.1) is 0 Å². The van der Waals surface area contributed by atoms with Gasteiger partial charge in [0.1, 0.15) is 16.6 Å². The molecular weight excluding hydrogens is 500 g/mol. The van der Waals surface area contributed by atoms with Crippen molar-refractivity contribution in [2.45, 2.75) is 32.2 Å². The third kappa shape index (κ3) is 5.40. The van der Waals surface area contributed by atoms with Crippen molar-refractivity contribution >= 4 is 62.5 Å². The number of nitrogens with one attached hydrogen (secondary N) is 2. The van der Waals surface area contributed by atoms with Crippen LogP contribution in [0.15, 0.2) is 77.7 Å². The van der Waals surface area contributed by atoms with Crippen LogP contribution in [0.25, 0.3) is 21.9 Å². The Hall–Kier alpha value is -4.57. The van der Waals surface area contributed by atoms with Crippen LogP contribution in [0.5, 0.6) is 0 Å². The molecule has 0 saturated heterocycles. The summed E-state index contributed by atoms with van der Waals surface area (Å²) < 4.78 is 10.4. The molecule has 192 valence electrons. The van der Waals surface area contributed by atoms with Gasteiger partial charge in [0.25, 0.3) is 5.91 Å². The maximum absolute atomic E-state index is 13.2. The van der Waals surface area contributed by atoms with Gasteiger partial charge in [0.2, 0.25) is 11.3 Å². The van der Waals surface area contributed by atoms with Gasteiger partial charge in [-0.05, 0) is 49.2 Å². The Morgan fingerprint density at radius 3 is 2.53 bits per heavy atom. The molecule has 38 heavy (non-hydrogen) atoms. The van der Waals surface area contributed by atoms with Crippen LogP contribution in [-0.4, -0.2) is 25.1 Å². The number of nitrogen functional groups attached to an aromatic ring is 1. The van der Waals surface area contributed by atoms with E-state index in [0.717, 1.165) is 30.1 Å². The second kappa shape index (κ2) is 11.2. The van der Waals surface area contributed by atoms with E-state index in [1.54, 1.807) is 42.6 Å². The molecule has 0 aliphatic carbocycles. The molecule has 9 nitrogen and oxygen atoms in total. The first-order chi connectivity index (χ1) is 18.5. The predicted molar refractivity (Wildman–Crippen MR) is 152 cm³/mol. The highest BCUT2D eigenvalue weighted by atomic mass is 32.1. The molecule has 0 bridgehead atoms. The second-order valence-electron chi connectivity index (χ2n) is 8.92. The lowest BCUT2D eigenvalue weighted by Gasteiger charge is -2.14. The number of nitrogens with two attached hydrogens (primary N) is 1. The quantitative estimate of drug-likeness (QED) is 0.182. The van der Waals surface area contributed by atoms with E-state index >= 15 is 0 Å². The topological polar surface area (TPSA) is 132 Å². The molecule has 5 rings (SSSR count). The lowest BCUT2D eigenvalue weighted by molar-refractivity contribution is -0.116. The van der Waals surface area contributed by atoms with Crippen LogP contribution >= 0.6 is 11.7 Å². The van der Waals surface area contributed by atoms with E-state index in [1.807, 2.05) is 34.9 Å². The molecule has 0 saturated carbocycles. The Morgan fingerprint density at radius 1 is 0.868 bits per heavy atom. The van der Waals surface area contributed by atoms with Crippen LogP contribution in [0.3, 0.4) is 0 Å². The number of unbranched alkanes of at least 4 members (excludes halogenated alkanes) is 2. The summed E-state index contributed by atoms with van der Waals surface area (Å²) >= 11 is 1.07. The van der Waals surface area contributed by atoms with Crippen molar-refractivity contribution < 1.29 is 9.59 Å². The number of hydrogen-bond donors (Lipinski definition) is 3. The van der Waals surface area contributed by atoms with Crippen molar-refractivity contribution in [1.29, 1.82) is 0 Å². The fraction of sp³-hybridized carbons (Fsp3) is 0.179. The Bertz CT molecular complexity index is 1690. The largest absolute Gasteiger partial charge is 0.397 e. The average molecular weight is 527 g/mol. The van der Waals surface area contributed by atoms with Gasteiger partial charge in [0.15, 0.2) is 0 Å². The van der Waals surface area contributed by atoms with Crippen molar-refractivity contribution in [2.75, 3.05) is 16.4 Å². The number of carbonyl (C=O) groups is 2. The maximum atomic E-state index is 13.2. The minimum atomic E-state index is -0.494. The molecule has 0 spiro atoms. The highest BCUT2D eigenvalue weighted by Gasteiger charge is 2.17. The molecule has 5 aromatic rings. The molecule has 0 aliphatic rings. The van der Waals surface area contributed by atoms with Gasteiger partial charge in [-0.3, -0.25) is 14.4 Å². The number of carbonyl (C=O) groups excluding carboxylic acids is 2. The van der Waals surface area contributed by atoms with E-state index in [1.165, 1.54) is 0 Å². The van der Waals surface area contributed by atoms with E-state index in [2.05, 4.69) is 19.4 Å². The molecule has 10 heteroatoms.